The van der Waals surface area contributed by atoms with Crippen molar-refractivity contribution in [1.82, 2.24) is 0 Å². The SMILES string of the molecule is CCCCC/C=C\C/C=C\CCCCCCCC(=O)OC[C@H](COC(=O)CCCCCCCCCCCCCCC)OC(=O)CCCCCCCCCCCCCCCCCCCCC. The molecule has 0 saturated carbocycles. The fraction of sp³-hybridized carbons (Fsp3) is 0.881. The molecule has 0 aliphatic heterocycles. The molecule has 6 heteroatoms. The summed E-state index contributed by atoms with van der Waals surface area (Å²) in [5.74, 6) is -0.863. The number of ether oxygens (including phenoxy) is 3. The number of rotatable bonds is 53. The van der Waals surface area contributed by atoms with Gasteiger partial charge in [0, 0.05) is 19.3 Å². The summed E-state index contributed by atoms with van der Waals surface area (Å²) in [6, 6.07) is 0. The van der Waals surface area contributed by atoms with Crippen LogP contribution in [0.15, 0.2) is 24.3 Å². The second-order valence-corrected chi connectivity index (χ2v) is 19.6. The Bertz CT molecular complexity index is 1050. The standard InChI is InChI=1S/C59H110O6/c1-4-7-10-13-16-19-22-25-27-28-29-30-32-35-38-41-44-47-50-53-59(62)65-56(54-63-57(60)51-48-45-42-39-36-33-24-21-18-15-12-9-6-3)55-64-58(61)52-49-46-43-40-37-34-31-26-23-20-17-14-11-8-5-2/h17,20,26,31,56H,4-16,18-19,21-25,27-30,32-55H2,1-3H3/b20-17-,31-26-/t56-/m0/s1. The lowest BCUT2D eigenvalue weighted by molar-refractivity contribution is -0.167. The molecule has 0 rings (SSSR count). The van der Waals surface area contributed by atoms with E-state index >= 15 is 0 Å². The van der Waals surface area contributed by atoms with Crippen molar-refractivity contribution in [1.29, 1.82) is 0 Å². The molecule has 0 unspecified atom stereocenters. The Kier molecular flexibility index (Phi) is 52.7. The van der Waals surface area contributed by atoms with Gasteiger partial charge in [-0.25, -0.2) is 0 Å². The average Bonchev–Trinajstić information content (AvgIpc) is 3.30. The van der Waals surface area contributed by atoms with Gasteiger partial charge in [-0.2, -0.15) is 0 Å². The highest BCUT2D eigenvalue weighted by Crippen LogP contribution is 2.17. The van der Waals surface area contributed by atoms with Crippen LogP contribution in [0.25, 0.3) is 0 Å². The molecular formula is C59H110O6. The molecule has 0 fully saturated rings. The molecule has 6 nitrogen and oxygen atoms in total. The maximum atomic E-state index is 12.9. The fourth-order valence-electron chi connectivity index (χ4n) is 8.59. The molecule has 0 aliphatic rings. The molecule has 0 heterocycles. The molecule has 0 aromatic carbocycles. The summed E-state index contributed by atoms with van der Waals surface area (Å²) in [5.41, 5.74) is 0. The number of hydrogen-bond acceptors (Lipinski definition) is 6. The zero-order valence-electron chi connectivity index (χ0n) is 43.8. The Morgan fingerprint density at radius 3 is 0.877 bits per heavy atom. The number of esters is 3. The largest absolute Gasteiger partial charge is 0.462 e. The van der Waals surface area contributed by atoms with Crippen LogP contribution < -0.4 is 0 Å². The predicted octanol–water partition coefficient (Wildman–Crippen LogP) is 19.1. The topological polar surface area (TPSA) is 78.9 Å². The molecule has 0 N–H and O–H groups in total. The van der Waals surface area contributed by atoms with Gasteiger partial charge in [0.1, 0.15) is 13.2 Å². The average molecular weight is 916 g/mol. The van der Waals surface area contributed by atoms with E-state index in [4.69, 9.17) is 14.2 Å². The molecule has 0 bridgehead atoms. The fourth-order valence-corrected chi connectivity index (χ4v) is 8.59. The van der Waals surface area contributed by atoms with Crippen LogP contribution in [-0.2, 0) is 28.6 Å². The Morgan fingerprint density at radius 2 is 0.554 bits per heavy atom. The zero-order valence-corrected chi connectivity index (χ0v) is 43.8. The van der Waals surface area contributed by atoms with Crippen molar-refractivity contribution in [2.75, 3.05) is 13.2 Å². The highest BCUT2D eigenvalue weighted by Gasteiger charge is 2.19. The van der Waals surface area contributed by atoms with E-state index in [2.05, 4.69) is 45.1 Å². The van der Waals surface area contributed by atoms with Gasteiger partial charge in [-0.1, -0.05) is 270 Å². The third-order valence-electron chi connectivity index (χ3n) is 13.0. The molecule has 0 saturated heterocycles. The lowest BCUT2D eigenvalue weighted by Gasteiger charge is -2.18. The first kappa shape index (κ1) is 62.9. The maximum Gasteiger partial charge on any atom is 0.306 e. The van der Waals surface area contributed by atoms with Gasteiger partial charge in [0.15, 0.2) is 6.10 Å². The molecular weight excluding hydrogens is 805 g/mol. The Labute approximate surface area is 404 Å². The predicted molar refractivity (Wildman–Crippen MR) is 279 cm³/mol. The molecule has 0 aromatic heterocycles. The first-order chi connectivity index (χ1) is 32.0. The molecule has 0 spiro atoms. The van der Waals surface area contributed by atoms with E-state index in [1.807, 2.05) is 0 Å². The van der Waals surface area contributed by atoms with Crippen molar-refractivity contribution in [3.63, 3.8) is 0 Å². The van der Waals surface area contributed by atoms with Crippen LogP contribution >= 0.6 is 0 Å². The molecule has 65 heavy (non-hydrogen) atoms. The maximum absolute atomic E-state index is 12.9. The highest BCUT2D eigenvalue weighted by atomic mass is 16.6. The van der Waals surface area contributed by atoms with Crippen LogP contribution in [0.3, 0.4) is 0 Å². The summed E-state index contributed by atoms with van der Waals surface area (Å²) in [6.45, 7) is 6.65. The van der Waals surface area contributed by atoms with Crippen LogP contribution in [0, 0.1) is 0 Å². The second-order valence-electron chi connectivity index (χ2n) is 19.6. The van der Waals surface area contributed by atoms with Crippen molar-refractivity contribution in [3.05, 3.63) is 24.3 Å². The van der Waals surface area contributed by atoms with Crippen molar-refractivity contribution in [2.24, 2.45) is 0 Å². The van der Waals surface area contributed by atoms with E-state index in [-0.39, 0.29) is 31.1 Å². The van der Waals surface area contributed by atoms with E-state index in [1.165, 1.54) is 199 Å². The summed E-state index contributed by atoms with van der Waals surface area (Å²) in [6.07, 6.45) is 63.1. The van der Waals surface area contributed by atoms with Gasteiger partial charge in [0.25, 0.3) is 0 Å². The molecule has 0 aromatic rings. The van der Waals surface area contributed by atoms with E-state index < -0.39 is 6.10 Å². The van der Waals surface area contributed by atoms with E-state index in [0.717, 1.165) is 77.0 Å². The minimum absolute atomic E-state index is 0.0703. The third-order valence-corrected chi connectivity index (χ3v) is 13.0. The van der Waals surface area contributed by atoms with Crippen molar-refractivity contribution >= 4 is 17.9 Å². The van der Waals surface area contributed by atoms with Gasteiger partial charge in [-0.15, -0.1) is 0 Å². The molecule has 382 valence electrons. The summed E-state index contributed by atoms with van der Waals surface area (Å²) in [4.78, 5) is 38.1. The lowest BCUT2D eigenvalue weighted by atomic mass is 10.0. The first-order valence-electron chi connectivity index (χ1n) is 28.8. The minimum atomic E-state index is -0.771. The number of unbranched alkanes of at least 4 members (excludes halogenated alkanes) is 38. The van der Waals surface area contributed by atoms with Gasteiger partial charge < -0.3 is 14.2 Å². The van der Waals surface area contributed by atoms with E-state index in [1.54, 1.807) is 0 Å². The van der Waals surface area contributed by atoms with Gasteiger partial charge in [0.2, 0.25) is 0 Å². The lowest BCUT2D eigenvalue weighted by Crippen LogP contribution is -2.30. The van der Waals surface area contributed by atoms with Gasteiger partial charge in [-0.3, -0.25) is 14.4 Å². The Hall–Kier alpha value is -2.11. The van der Waals surface area contributed by atoms with Crippen molar-refractivity contribution in [2.45, 2.75) is 322 Å². The minimum Gasteiger partial charge on any atom is -0.462 e. The van der Waals surface area contributed by atoms with Crippen LogP contribution in [-0.4, -0.2) is 37.2 Å². The molecule has 0 amide bonds. The van der Waals surface area contributed by atoms with Gasteiger partial charge in [-0.05, 0) is 51.4 Å². The number of carbonyl (C=O) groups excluding carboxylic acids is 3. The summed E-state index contributed by atoms with van der Waals surface area (Å²) < 4.78 is 16.9. The van der Waals surface area contributed by atoms with Crippen LogP contribution in [0.1, 0.15) is 316 Å². The summed E-state index contributed by atoms with van der Waals surface area (Å²) >= 11 is 0. The summed E-state index contributed by atoms with van der Waals surface area (Å²) in [7, 11) is 0. The van der Waals surface area contributed by atoms with Gasteiger partial charge >= 0.3 is 17.9 Å². The Morgan fingerprint density at radius 1 is 0.308 bits per heavy atom. The number of carbonyl (C=O) groups is 3. The van der Waals surface area contributed by atoms with Crippen LogP contribution in [0.4, 0.5) is 0 Å². The Balaban J connectivity index is 4.32. The number of hydrogen-bond donors (Lipinski definition) is 0. The van der Waals surface area contributed by atoms with Crippen LogP contribution in [0.2, 0.25) is 0 Å². The third kappa shape index (κ3) is 52.7. The number of allylic oxidation sites excluding steroid dienone is 4. The van der Waals surface area contributed by atoms with Crippen molar-refractivity contribution in [3.8, 4) is 0 Å². The molecule has 0 radical (unpaired) electrons. The molecule has 0 aliphatic carbocycles. The van der Waals surface area contributed by atoms with E-state index in [0.29, 0.717) is 19.3 Å². The monoisotopic (exact) mass is 915 g/mol. The van der Waals surface area contributed by atoms with Crippen LogP contribution in [0.5, 0.6) is 0 Å². The smallest absolute Gasteiger partial charge is 0.306 e. The zero-order chi connectivity index (χ0) is 47.2. The first-order valence-corrected chi connectivity index (χ1v) is 28.8. The van der Waals surface area contributed by atoms with E-state index in [9.17, 15) is 14.4 Å². The summed E-state index contributed by atoms with van der Waals surface area (Å²) in [5, 5.41) is 0. The van der Waals surface area contributed by atoms with Gasteiger partial charge in [0.05, 0.1) is 0 Å². The quantitative estimate of drug-likeness (QED) is 0.0262. The van der Waals surface area contributed by atoms with Crippen molar-refractivity contribution < 1.29 is 28.6 Å². The molecule has 1 atom stereocenters. The normalized spacial score (nSPS) is 12.1. The highest BCUT2D eigenvalue weighted by molar-refractivity contribution is 5.71. The second kappa shape index (κ2) is 54.5.